The summed E-state index contributed by atoms with van der Waals surface area (Å²) in [6, 6.07) is 7.68. The Labute approximate surface area is 169 Å². The molecular weight excluding hydrogens is 372 g/mol. The summed E-state index contributed by atoms with van der Waals surface area (Å²) in [7, 11) is 0. The molecule has 2 aliphatic rings. The first kappa shape index (κ1) is 19.1. The van der Waals surface area contributed by atoms with Crippen LogP contribution >= 0.6 is 11.3 Å². The smallest absolute Gasteiger partial charge is 0.254 e. The van der Waals surface area contributed by atoms with Crippen molar-refractivity contribution < 1.29 is 9.59 Å². The van der Waals surface area contributed by atoms with Crippen LogP contribution in [0.15, 0.2) is 29.8 Å². The van der Waals surface area contributed by atoms with Gasteiger partial charge < -0.3 is 4.90 Å². The molecule has 0 bridgehead atoms. The van der Waals surface area contributed by atoms with Crippen LogP contribution in [0.3, 0.4) is 0 Å². The number of hydrogen-bond acceptors (Lipinski definition) is 5. The fourth-order valence-corrected chi connectivity index (χ4v) is 5.46. The van der Waals surface area contributed by atoms with Crippen molar-refractivity contribution in [3.63, 3.8) is 0 Å². The van der Waals surface area contributed by atoms with Gasteiger partial charge in [-0.2, -0.15) is 0 Å². The van der Waals surface area contributed by atoms with Crippen LogP contribution in [0.2, 0.25) is 0 Å². The zero-order chi connectivity index (χ0) is 19.7. The lowest BCUT2D eigenvalue weighted by molar-refractivity contribution is -0.122. The van der Waals surface area contributed by atoms with Crippen LogP contribution in [0.4, 0.5) is 5.13 Å². The van der Waals surface area contributed by atoms with E-state index in [4.69, 9.17) is 0 Å². The number of carbonyl (C=O) groups is 2. The van der Waals surface area contributed by atoms with Gasteiger partial charge in [0.05, 0.1) is 11.5 Å². The molecule has 7 heteroatoms. The monoisotopic (exact) mass is 398 g/mol. The first-order chi connectivity index (χ1) is 13.6. The molecule has 1 N–H and O–H groups in total. The number of nitrogens with zero attached hydrogens (tertiary/aromatic N) is 3. The van der Waals surface area contributed by atoms with Gasteiger partial charge >= 0.3 is 0 Å². The topological polar surface area (TPSA) is 75.2 Å². The molecule has 4 rings (SSSR count). The molecule has 6 nitrogen and oxygen atoms in total. The van der Waals surface area contributed by atoms with Crippen LogP contribution in [0.25, 0.3) is 0 Å². The summed E-state index contributed by atoms with van der Waals surface area (Å²) in [5.74, 6) is -0.432. The highest BCUT2D eigenvalue weighted by Crippen LogP contribution is 2.50. The molecule has 2 atom stereocenters. The molecule has 1 aliphatic heterocycles. The summed E-state index contributed by atoms with van der Waals surface area (Å²) in [4.78, 5) is 29.1. The molecular formula is C21H26N4O2S. The Bertz CT molecular complexity index is 861. The van der Waals surface area contributed by atoms with Crippen LogP contribution in [-0.2, 0) is 4.79 Å². The first-order valence-electron chi connectivity index (χ1n) is 10.1. The fourth-order valence-electron chi connectivity index (χ4n) is 5.01. The highest BCUT2D eigenvalue weighted by atomic mass is 32.1. The molecule has 0 radical (unpaired) electrons. The normalized spacial score (nSPS) is 22.0. The molecule has 1 aromatic carbocycles. The average molecular weight is 399 g/mol. The number of hydrogen-bond donors (Lipinski definition) is 1. The Morgan fingerprint density at radius 1 is 1.32 bits per heavy atom. The predicted octanol–water partition coefficient (Wildman–Crippen LogP) is 4.22. The number of anilines is 1. The van der Waals surface area contributed by atoms with Crippen LogP contribution in [-0.4, -0.2) is 38.5 Å². The van der Waals surface area contributed by atoms with Gasteiger partial charge in [0.25, 0.3) is 5.91 Å². The van der Waals surface area contributed by atoms with Crippen molar-refractivity contribution in [1.29, 1.82) is 0 Å². The van der Waals surface area contributed by atoms with Crippen molar-refractivity contribution in [2.24, 2.45) is 0 Å². The van der Waals surface area contributed by atoms with Crippen molar-refractivity contribution in [2.45, 2.75) is 69.9 Å². The predicted molar refractivity (Wildman–Crippen MR) is 109 cm³/mol. The highest BCUT2D eigenvalue weighted by Gasteiger charge is 2.55. The summed E-state index contributed by atoms with van der Waals surface area (Å²) >= 11 is 1.31. The van der Waals surface area contributed by atoms with Gasteiger partial charge in [-0.15, -0.1) is 10.2 Å². The molecule has 28 heavy (non-hydrogen) atoms. The van der Waals surface area contributed by atoms with Crippen molar-refractivity contribution in [2.75, 3.05) is 5.32 Å². The van der Waals surface area contributed by atoms with Gasteiger partial charge in [-0.1, -0.05) is 55.7 Å². The van der Waals surface area contributed by atoms with Crippen LogP contribution in [0.5, 0.6) is 0 Å². The Kier molecular flexibility index (Phi) is 5.19. The van der Waals surface area contributed by atoms with Gasteiger partial charge in [-0.25, -0.2) is 0 Å². The zero-order valence-corrected chi connectivity index (χ0v) is 17.2. The zero-order valence-electron chi connectivity index (χ0n) is 16.4. The number of nitrogens with one attached hydrogen (secondary N) is 1. The van der Waals surface area contributed by atoms with Crippen molar-refractivity contribution >= 4 is 28.3 Å². The first-order valence-corrected chi connectivity index (χ1v) is 11.0. The van der Waals surface area contributed by atoms with Crippen LogP contribution in [0, 0.1) is 0 Å². The molecule has 2 amide bonds. The largest absolute Gasteiger partial charge is 0.329 e. The second-order valence-electron chi connectivity index (χ2n) is 7.85. The van der Waals surface area contributed by atoms with Crippen molar-refractivity contribution in [3.8, 4) is 0 Å². The number of fused-ring (bicyclic) bond motifs is 1. The van der Waals surface area contributed by atoms with E-state index in [1.165, 1.54) is 11.3 Å². The fraction of sp³-hybridized carbons (Fsp3) is 0.524. The summed E-state index contributed by atoms with van der Waals surface area (Å²) in [6.07, 6.45) is 5.78. The lowest BCUT2D eigenvalue weighted by atomic mass is 9.64. The van der Waals surface area contributed by atoms with E-state index in [2.05, 4.69) is 29.4 Å². The number of carbonyl (C=O) groups excluding carboxylic acids is 2. The minimum absolute atomic E-state index is 0.0619. The molecule has 0 saturated heterocycles. The maximum atomic E-state index is 13.6. The van der Waals surface area contributed by atoms with E-state index in [9.17, 15) is 9.59 Å². The van der Waals surface area contributed by atoms with E-state index in [1.807, 2.05) is 29.2 Å². The van der Waals surface area contributed by atoms with Gasteiger partial charge in [0.1, 0.15) is 5.51 Å². The lowest BCUT2D eigenvalue weighted by Crippen LogP contribution is -2.64. The third kappa shape index (κ3) is 3.02. The average Bonchev–Trinajstić information content (AvgIpc) is 3.21. The molecule has 1 aromatic heterocycles. The van der Waals surface area contributed by atoms with Gasteiger partial charge in [0.2, 0.25) is 11.0 Å². The molecule has 1 spiro atoms. The maximum absolute atomic E-state index is 13.6. The summed E-state index contributed by atoms with van der Waals surface area (Å²) in [5.41, 5.74) is 2.62. The third-order valence-electron chi connectivity index (χ3n) is 6.34. The molecule has 1 fully saturated rings. The number of rotatable bonds is 4. The van der Waals surface area contributed by atoms with E-state index >= 15 is 0 Å². The lowest BCUT2D eigenvalue weighted by Gasteiger charge is -2.55. The van der Waals surface area contributed by atoms with E-state index < -0.39 is 11.5 Å². The van der Waals surface area contributed by atoms with Crippen molar-refractivity contribution in [1.82, 2.24) is 15.1 Å². The molecule has 1 saturated carbocycles. The van der Waals surface area contributed by atoms with E-state index in [0.717, 1.165) is 44.1 Å². The maximum Gasteiger partial charge on any atom is 0.254 e. The SMILES string of the molecule is CCC(C)N1C(=O)c2ccccc2C(C(=O)Nc2nncs2)C12CCCCC2. The molecule has 148 valence electrons. The second-order valence-corrected chi connectivity index (χ2v) is 8.68. The van der Waals surface area contributed by atoms with Crippen molar-refractivity contribution in [3.05, 3.63) is 40.9 Å². The number of amides is 2. The molecule has 2 heterocycles. The van der Waals surface area contributed by atoms with E-state index in [0.29, 0.717) is 10.7 Å². The number of aromatic nitrogens is 2. The Hall–Kier alpha value is -2.28. The summed E-state index contributed by atoms with van der Waals surface area (Å²) in [6.45, 7) is 4.20. The Morgan fingerprint density at radius 3 is 2.75 bits per heavy atom. The van der Waals surface area contributed by atoms with Crippen LogP contribution in [0.1, 0.15) is 74.2 Å². The third-order valence-corrected chi connectivity index (χ3v) is 6.95. The van der Waals surface area contributed by atoms with Gasteiger partial charge in [0, 0.05) is 11.6 Å². The van der Waals surface area contributed by atoms with Gasteiger partial charge in [-0.3, -0.25) is 14.9 Å². The Morgan fingerprint density at radius 2 is 2.07 bits per heavy atom. The quantitative estimate of drug-likeness (QED) is 0.837. The molecule has 1 aliphatic carbocycles. The summed E-state index contributed by atoms with van der Waals surface area (Å²) < 4.78 is 0. The summed E-state index contributed by atoms with van der Waals surface area (Å²) in [5, 5.41) is 11.3. The number of benzene rings is 1. The van der Waals surface area contributed by atoms with Crippen LogP contribution < -0.4 is 5.32 Å². The Balaban J connectivity index is 1.86. The minimum Gasteiger partial charge on any atom is -0.329 e. The van der Waals surface area contributed by atoms with E-state index in [-0.39, 0.29) is 17.9 Å². The van der Waals surface area contributed by atoms with Gasteiger partial charge in [0.15, 0.2) is 0 Å². The minimum atomic E-state index is -0.478. The van der Waals surface area contributed by atoms with Gasteiger partial charge in [-0.05, 0) is 37.8 Å². The standard InChI is InChI=1S/C21H26N4O2S/c1-3-14(2)25-19(27)16-10-6-5-9-15(16)17(21(25)11-7-4-8-12-21)18(26)23-20-24-22-13-28-20/h5-6,9-10,13-14,17H,3-4,7-8,11-12H2,1-2H3,(H,23,24,26). The second kappa shape index (κ2) is 7.62. The highest BCUT2D eigenvalue weighted by molar-refractivity contribution is 7.13. The molecule has 2 unspecified atom stereocenters. The molecule has 2 aromatic rings. The van der Waals surface area contributed by atoms with E-state index in [1.54, 1.807) is 5.51 Å².